The van der Waals surface area contributed by atoms with Crippen LogP contribution in [0.2, 0.25) is 0 Å². The summed E-state index contributed by atoms with van der Waals surface area (Å²) in [6.45, 7) is 3.40. The lowest BCUT2D eigenvalue weighted by molar-refractivity contribution is -0.305. The van der Waals surface area contributed by atoms with Crippen molar-refractivity contribution in [2.75, 3.05) is 19.8 Å². The average molecular weight is 743 g/mol. The van der Waals surface area contributed by atoms with Gasteiger partial charge < -0.3 is 39.4 Å². The Balaban J connectivity index is 2.33. The van der Waals surface area contributed by atoms with E-state index in [0.29, 0.717) is 6.42 Å². The van der Waals surface area contributed by atoms with E-state index in [0.717, 1.165) is 38.5 Å². The lowest BCUT2D eigenvalue weighted by Crippen LogP contribution is -2.59. The standard InChI is InChI=1S/C42H78O10/c1-3-5-7-9-11-13-15-16-17-18-19-20-21-23-25-27-29-31-38(45)51-35(34-50-42-41(48)40(47)39(46)36(32-43)52-42)33-49-37(44)30-28-26-24-22-14-12-10-8-6-4-2/h13,15,35-36,39-43,46-48H,3-12,14,16-34H2,1-2H3/b15-13+/t35-,36-,39+,40?,41?,42-/m1/s1. The Morgan fingerprint density at radius 2 is 1.02 bits per heavy atom. The van der Waals surface area contributed by atoms with E-state index < -0.39 is 49.4 Å². The molecule has 52 heavy (non-hydrogen) atoms. The van der Waals surface area contributed by atoms with Crippen molar-refractivity contribution in [3.05, 3.63) is 12.2 Å². The molecular formula is C42H78O10. The van der Waals surface area contributed by atoms with E-state index in [1.807, 2.05) is 0 Å². The maximum Gasteiger partial charge on any atom is 0.306 e. The minimum Gasteiger partial charge on any atom is -0.462 e. The summed E-state index contributed by atoms with van der Waals surface area (Å²) in [7, 11) is 0. The second-order valence-corrected chi connectivity index (χ2v) is 14.8. The molecule has 1 aliphatic rings. The van der Waals surface area contributed by atoms with Crippen LogP contribution in [0.1, 0.15) is 187 Å². The van der Waals surface area contributed by atoms with Crippen LogP contribution in [-0.2, 0) is 28.5 Å². The SMILES string of the molecule is CCCCCC/C=C/CCCCCCCCCCCC(=O)O[C@H](COC(=O)CCCCCCCCCCCC)CO[C@@H]1O[C@H](CO)[C@H](O)C(O)C1O. The van der Waals surface area contributed by atoms with Crippen molar-refractivity contribution in [1.29, 1.82) is 0 Å². The molecule has 1 aliphatic heterocycles. The van der Waals surface area contributed by atoms with E-state index >= 15 is 0 Å². The van der Waals surface area contributed by atoms with Crippen LogP contribution in [0.4, 0.5) is 0 Å². The Labute approximate surface area is 316 Å². The van der Waals surface area contributed by atoms with Gasteiger partial charge in [-0.2, -0.15) is 0 Å². The van der Waals surface area contributed by atoms with E-state index in [4.69, 9.17) is 18.9 Å². The zero-order valence-corrected chi connectivity index (χ0v) is 33.1. The predicted molar refractivity (Wildman–Crippen MR) is 206 cm³/mol. The molecule has 1 saturated heterocycles. The molecule has 0 spiro atoms. The highest BCUT2D eigenvalue weighted by Gasteiger charge is 2.44. The number of carbonyl (C=O) groups is 2. The fraction of sp³-hybridized carbons (Fsp3) is 0.905. The lowest BCUT2D eigenvalue weighted by Gasteiger charge is -2.39. The molecule has 0 bridgehead atoms. The molecule has 306 valence electrons. The normalized spacial score (nSPS) is 21.1. The molecule has 1 fully saturated rings. The molecule has 6 atom stereocenters. The summed E-state index contributed by atoms with van der Waals surface area (Å²) in [5.74, 6) is -0.804. The van der Waals surface area contributed by atoms with Gasteiger partial charge in [-0.05, 0) is 38.5 Å². The maximum absolute atomic E-state index is 12.7. The summed E-state index contributed by atoms with van der Waals surface area (Å²) in [6, 6.07) is 0. The van der Waals surface area contributed by atoms with Crippen molar-refractivity contribution >= 4 is 11.9 Å². The Morgan fingerprint density at radius 3 is 1.52 bits per heavy atom. The van der Waals surface area contributed by atoms with Gasteiger partial charge in [0.25, 0.3) is 0 Å². The lowest BCUT2D eigenvalue weighted by atomic mass is 9.99. The number of hydrogen-bond donors (Lipinski definition) is 4. The van der Waals surface area contributed by atoms with Crippen LogP contribution < -0.4 is 0 Å². The predicted octanol–water partition coefficient (Wildman–Crippen LogP) is 8.39. The number of aliphatic hydroxyl groups is 4. The first-order valence-electron chi connectivity index (χ1n) is 21.3. The highest BCUT2D eigenvalue weighted by molar-refractivity contribution is 5.70. The third-order valence-corrected chi connectivity index (χ3v) is 9.90. The van der Waals surface area contributed by atoms with Crippen molar-refractivity contribution < 1.29 is 49.0 Å². The van der Waals surface area contributed by atoms with Gasteiger partial charge in [-0.25, -0.2) is 0 Å². The Morgan fingerprint density at radius 1 is 0.577 bits per heavy atom. The summed E-state index contributed by atoms with van der Waals surface area (Å²) >= 11 is 0. The molecule has 2 unspecified atom stereocenters. The molecule has 4 N–H and O–H groups in total. The Hall–Kier alpha value is -1.56. The molecule has 0 aliphatic carbocycles. The first-order valence-corrected chi connectivity index (χ1v) is 21.3. The number of aliphatic hydroxyl groups excluding tert-OH is 4. The van der Waals surface area contributed by atoms with Crippen LogP contribution in [0.3, 0.4) is 0 Å². The Kier molecular flexibility index (Phi) is 31.7. The van der Waals surface area contributed by atoms with Gasteiger partial charge in [0.05, 0.1) is 13.2 Å². The molecular weight excluding hydrogens is 664 g/mol. The third kappa shape index (κ3) is 25.5. The van der Waals surface area contributed by atoms with Gasteiger partial charge in [0.15, 0.2) is 12.4 Å². The first-order chi connectivity index (χ1) is 25.3. The van der Waals surface area contributed by atoms with Crippen molar-refractivity contribution in [2.24, 2.45) is 0 Å². The molecule has 1 heterocycles. The number of unbranched alkanes of at least 4 members (excludes halogenated alkanes) is 22. The van der Waals surface area contributed by atoms with Gasteiger partial charge in [-0.1, -0.05) is 148 Å². The van der Waals surface area contributed by atoms with Crippen LogP contribution in [0.15, 0.2) is 12.2 Å². The van der Waals surface area contributed by atoms with Crippen LogP contribution >= 0.6 is 0 Å². The van der Waals surface area contributed by atoms with E-state index in [9.17, 15) is 30.0 Å². The second kappa shape index (κ2) is 34.0. The summed E-state index contributed by atoms with van der Waals surface area (Å²) in [5.41, 5.74) is 0. The van der Waals surface area contributed by atoms with Crippen molar-refractivity contribution in [3.8, 4) is 0 Å². The highest BCUT2D eigenvalue weighted by Crippen LogP contribution is 2.22. The fourth-order valence-corrected chi connectivity index (χ4v) is 6.48. The van der Waals surface area contributed by atoms with E-state index in [1.54, 1.807) is 0 Å². The largest absolute Gasteiger partial charge is 0.462 e. The average Bonchev–Trinajstić information content (AvgIpc) is 3.14. The molecule has 1 rings (SSSR count). The quantitative estimate of drug-likeness (QED) is 0.0283. The number of rotatable bonds is 35. The van der Waals surface area contributed by atoms with Gasteiger partial charge >= 0.3 is 11.9 Å². The van der Waals surface area contributed by atoms with E-state index in [2.05, 4.69) is 26.0 Å². The molecule has 0 aromatic carbocycles. The fourth-order valence-electron chi connectivity index (χ4n) is 6.48. The van der Waals surface area contributed by atoms with Gasteiger partial charge in [0.2, 0.25) is 0 Å². The van der Waals surface area contributed by atoms with Gasteiger partial charge in [0, 0.05) is 12.8 Å². The Bertz CT molecular complexity index is 866. The summed E-state index contributed by atoms with van der Waals surface area (Å²) in [6.07, 6.45) is 26.5. The van der Waals surface area contributed by atoms with Gasteiger partial charge in [-0.3, -0.25) is 9.59 Å². The van der Waals surface area contributed by atoms with Crippen LogP contribution in [0.5, 0.6) is 0 Å². The van der Waals surface area contributed by atoms with Gasteiger partial charge in [0.1, 0.15) is 31.0 Å². The van der Waals surface area contributed by atoms with Crippen LogP contribution in [0, 0.1) is 0 Å². The molecule has 10 heteroatoms. The highest BCUT2D eigenvalue weighted by atomic mass is 16.7. The zero-order valence-electron chi connectivity index (χ0n) is 33.1. The number of hydrogen-bond acceptors (Lipinski definition) is 10. The smallest absolute Gasteiger partial charge is 0.306 e. The van der Waals surface area contributed by atoms with Crippen molar-refractivity contribution in [1.82, 2.24) is 0 Å². The zero-order chi connectivity index (χ0) is 38.1. The molecule has 10 nitrogen and oxygen atoms in total. The number of allylic oxidation sites excluding steroid dienone is 2. The van der Waals surface area contributed by atoms with Gasteiger partial charge in [-0.15, -0.1) is 0 Å². The molecule has 0 amide bonds. The summed E-state index contributed by atoms with van der Waals surface area (Å²) < 4.78 is 22.1. The van der Waals surface area contributed by atoms with E-state index in [-0.39, 0.29) is 32.0 Å². The topological polar surface area (TPSA) is 152 Å². The molecule has 0 aromatic rings. The third-order valence-electron chi connectivity index (χ3n) is 9.90. The van der Waals surface area contributed by atoms with Crippen LogP contribution in [-0.4, -0.2) is 89.0 Å². The minimum absolute atomic E-state index is 0.213. The molecule has 0 saturated carbocycles. The first kappa shape index (κ1) is 48.5. The number of esters is 2. The maximum atomic E-state index is 12.7. The van der Waals surface area contributed by atoms with Crippen molar-refractivity contribution in [3.63, 3.8) is 0 Å². The van der Waals surface area contributed by atoms with Crippen LogP contribution in [0.25, 0.3) is 0 Å². The van der Waals surface area contributed by atoms with E-state index in [1.165, 1.54) is 116 Å². The number of carbonyl (C=O) groups excluding carboxylic acids is 2. The molecule has 0 aromatic heterocycles. The molecule has 0 radical (unpaired) electrons. The minimum atomic E-state index is -1.59. The summed E-state index contributed by atoms with van der Waals surface area (Å²) in [4.78, 5) is 25.2. The van der Waals surface area contributed by atoms with Crippen molar-refractivity contribution in [2.45, 2.75) is 224 Å². The second-order valence-electron chi connectivity index (χ2n) is 14.8. The number of ether oxygens (including phenoxy) is 4. The monoisotopic (exact) mass is 743 g/mol. The summed E-state index contributed by atoms with van der Waals surface area (Å²) in [5, 5.41) is 40.0.